The molecule has 0 atom stereocenters. The molecule has 0 aliphatic carbocycles. The summed E-state index contributed by atoms with van der Waals surface area (Å²) in [5.41, 5.74) is 3.43. The molecule has 130 valence electrons. The molecule has 0 aliphatic heterocycles. The Morgan fingerprint density at radius 1 is 1.32 bits per heavy atom. The van der Waals surface area contributed by atoms with Gasteiger partial charge in [0, 0.05) is 41.6 Å². The number of amides is 1. The van der Waals surface area contributed by atoms with E-state index in [2.05, 4.69) is 29.1 Å². The predicted octanol–water partition coefficient (Wildman–Crippen LogP) is 2.85. The highest BCUT2D eigenvalue weighted by atomic mass is 16.1. The van der Waals surface area contributed by atoms with Gasteiger partial charge in [0.2, 0.25) is 0 Å². The third-order valence-electron chi connectivity index (χ3n) is 4.34. The van der Waals surface area contributed by atoms with Crippen molar-refractivity contribution < 1.29 is 4.79 Å². The summed E-state index contributed by atoms with van der Waals surface area (Å²) in [5, 5.41) is 3.66. The van der Waals surface area contributed by atoms with E-state index >= 15 is 0 Å². The number of carbonyl (C=O) groups excluding carboxylic acids is 1. The van der Waals surface area contributed by atoms with Gasteiger partial charge in [-0.2, -0.15) is 0 Å². The molecular weight excluding hydrogens is 316 g/mol. The zero-order chi connectivity index (χ0) is 18.1. The summed E-state index contributed by atoms with van der Waals surface area (Å²) >= 11 is 0. The molecule has 0 saturated carbocycles. The van der Waals surface area contributed by atoms with Crippen LogP contribution in [0.15, 0.2) is 35.4 Å². The lowest BCUT2D eigenvalue weighted by Gasteiger charge is -2.10. The highest BCUT2D eigenvalue weighted by Gasteiger charge is 2.15. The average Bonchev–Trinajstić information content (AvgIpc) is 2.97. The first-order valence-corrected chi connectivity index (χ1v) is 8.31. The van der Waals surface area contributed by atoms with E-state index < -0.39 is 0 Å². The molecule has 0 unspecified atom stereocenters. The zero-order valence-corrected chi connectivity index (χ0v) is 14.9. The number of aryl methyl sites for hydroxylation is 2. The lowest BCUT2D eigenvalue weighted by atomic mass is 10.1. The summed E-state index contributed by atoms with van der Waals surface area (Å²) in [6, 6.07) is 5.77. The van der Waals surface area contributed by atoms with Gasteiger partial charge in [0.15, 0.2) is 0 Å². The van der Waals surface area contributed by atoms with Crippen molar-refractivity contribution in [2.24, 2.45) is 0 Å². The Morgan fingerprint density at radius 3 is 2.76 bits per heavy atom. The maximum atomic E-state index is 12.6. The van der Waals surface area contributed by atoms with Crippen LogP contribution in [0.2, 0.25) is 0 Å². The Kier molecular flexibility index (Phi) is 4.44. The zero-order valence-electron chi connectivity index (χ0n) is 14.9. The number of hydrogen-bond acceptors (Lipinski definition) is 3. The van der Waals surface area contributed by atoms with Gasteiger partial charge in [-0.05, 0) is 51.5 Å². The van der Waals surface area contributed by atoms with E-state index in [-0.39, 0.29) is 24.1 Å². The van der Waals surface area contributed by atoms with Crippen molar-refractivity contribution in [2.75, 3.05) is 0 Å². The molecule has 0 spiro atoms. The molecule has 2 N–H and O–H groups in total. The third kappa shape index (κ3) is 3.20. The summed E-state index contributed by atoms with van der Waals surface area (Å²) in [7, 11) is 0. The second-order valence-electron chi connectivity index (χ2n) is 6.54. The minimum Gasteiger partial charge on any atom is -0.348 e. The van der Waals surface area contributed by atoms with Gasteiger partial charge in [-0.25, -0.2) is 4.98 Å². The monoisotopic (exact) mass is 338 g/mol. The topological polar surface area (TPSA) is 79.8 Å². The first-order chi connectivity index (χ1) is 11.9. The second kappa shape index (κ2) is 6.55. The molecule has 0 aromatic carbocycles. The fourth-order valence-corrected chi connectivity index (χ4v) is 3.04. The Balaban J connectivity index is 1.88. The molecule has 0 fully saturated rings. The first kappa shape index (κ1) is 17.0. The molecule has 6 heteroatoms. The Labute approximate surface area is 145 Å². The lowest BCUT2D eigenvalue weighted by Crippen LogP contribution is -2.28. The number of H-pyrrole nitrogens is 1. The number of hydrogen-bond donors (Lipinski definition) is 2. The van der Waals surface area contributed by atoms with Gasteiger partial charge in [0.25, 0.3) is 11.5 Å². The number of fused-ring (bicyclic) bond motifs is 1. The minimum atomic E-state index is -0.215. The summed E-state index contributed by atoms with van der Waals surface area (Å²) in [6.07, 6.45) is 3.58. The van der Waals surface area contributed by atoms with Crippen LogP contribution in [0.25, 0.3) is 11.0 Å². The fourth-order valence-electron chi connectivity index (χ4n) is 3.04. The van der Waals surface area contributed by atoms with Gasteiger partial charge in [0.1, 0.15) is 5.65 Å². The van der Waals surface area contributed by atoms with Crippen molar-refractivity contribution >= 4 is 16.9 Å². The molecule has 6 nitrogen and oxygen atoms in total. The van der Waals surface area contributed by atoms with Gasteiger partial charge in [0.05, 0.1) is 5.56 Å². The van der Waals surface area contributed by atoms with Gasteiger partial charge in [-0.15, -0.1) is 0 Å². The summed E-state index contributed by atoms with van der Waals surface area (Å²) in [6.45, 7) is 8.04. The van der Waals surface area contributed by atoms with Crippen molar-refractivity contribution in [2.45, 2.75) is 40.3 Å². The van der Waals surface area contributed by atoms with Crippen molar-refractivity contribution in [3.63, 3.8) is 0 Å². The molecule has 0 radical (unpaired) electrons. The van der Waals surface area contributed by atoms with Crippen molar-refractivity contribution in [1.29, 1.82) is 0 Å². The van der Waals surface area contributed by atoms with Crippen LogP contribution < -0.4 is 10.9 Å². The van der Waals surface area contributed by atoms with Crippen LogP contribution in [-0.2, 0) is 6.54 Å². The summed E-state index contributed by atoms with van der Waals surface area (Å²) < 4.78 is 2.03. The van der Waals surface area contributed by atoms with Crippen LogP contribution in [0, 0.1) is 13.8 Å². The van der Waals surface area contributed by atoms with Gasteiger partial charge in [-0.3, -0.25) is 9.59 Å². The predicted molar refractivity (Wildman–Crippen MR) is 97.8 cm³/mol. The van der Waals surface area contributed by atoms with E-state index in [9.17, 15) is 9.59 Å². The Bertz CT molecular complexity index is 998. The Hall–Kier alpha value is -2.89. The van der Waals surface area contributed by atoms with Crippen LogP contribution in [-0.4, -0.2) is 20.4 Å². The average molecular weight is 338 g/mol. The number of nitrogens with zero attached hydrogens (tertiary/aromatic N) is 2. The number of carbonyl (C=O) groups is 1. The largest absolute Gasteiger partial charge is 0.348 e. The molecule has 1 amide bonds. The third-order valence-corrected chi connectivity index (χ3v) is 4.34. The molecular formula is C19H22N4O2. The number of nitrogens with one attached hydrogen (secondary N) is 2. The van der Waals surface area contributed by atoms with E-state index in [1.165, 1.54) is 0 Å². The molecule has 25 heavy (non-hydrogen) atoms. The Morgan fingerprint density at radius 2 is 2.08 bits per heavy atom. The van der Waals surface area contributed by atoms with Crippen LogP contribution in [0.4, 0.5) is 0 Å². The van der Waals surface area contributed by atoms with Crippen molar-refractivity contribution in [3.05, 3.63) is 63.3 Å². The smallest absolute Gasteiger partial charge is 0.253 e. The van der Waals surface area contributed by atoms with Crippen molar-refractivity contribution in [1.82, 2.24) is 19.9 Å². The SMILES string of the molecule is Cc1cc(C)c(CNC(=O)c2ccnc3c2ccn3C(C)C)c(=O)[nH]1. The molecule has 0 bridgehead atoms. The van der Waals surface area contributed by atoms with E-state index in [4.69, 9.17) is 0 Å². The van der Waals surface area contributed by atoms with E-state index in [1.807, 2.05) is 36.7 Å². The standard InChI is InChI=1S/C19H22N4O2/c1-11(2)23-8-6-14-15(5-7-20-17(14)23)18(24)21-10-16-12(3)9-13(4)22-19(16)25/h5-9,11H,10H2,1-4H3,(H,21,24)(H,22,25). The quantitative estimate of drug-likeness (QED) is 0.768. The van der Waals surface area contributed by atoms with Crippen LogP contribution in [0.3, 0.4) is 0 Å². The van der Waals surface area contributed by atoms with E-state index in [1.54, 1.807) is 12.3 Å². The molecule has 3 aromatic rings. The number of aromatic nitrogens is 3. The fraction of sp³-hybridized carbons (Fsp3) is 0.316. The molecule has 3 aromatic heterocycles. The summed E-state index contributed by atoms with van der Waals surface area (Å²) in [5.74, 6) is -0.215. The molecule has 3 heterocycles. The minimum absolute atomic E-state index is 0.163. The van der Waals surface area contributed by atoms with Gasteiger partial charge < -0.3 is 14.9 Å². The van der Waals surface area contributed by atoms with E-state index in [0.717, 1.165) is 22.3 Å². The molecule has 0 aliphatic rings. The van der Waals surface area contributed by atoms with Crippen LogP contribution in [0.1, 0.15) is 47.1 Å². The van der Waals surface area contributed by atoms with Crippen LogP contribution in [0.5, 0.6) is 0 Å². The highest BCUT2D eigenvalue weighted by Crippen LogP contribution is 2.21. The van der Waals surface area contributed by atoms with Crippen molar-refractivity contribution in [3.8, 4) is 0 Å². The molecule has 3 rings (SSSR count). The second-order valence-corrected chi connectivity index (χ2v) is 6.54. The first-order valence-electron chi connectivity index (χ1n) is 8.31. The summed E-state index contributed by atoms with van der Waals surface area (Å²) in [4.78, 5) is 31.9. The van der Waals surface area contributed by atoms with E-state index in [0.29, 0.717) is 11.1 Å². The highest BCUT2D eigenvalue weighted by molar-refractivity contribution is 6.05. The van der Waals surface area contributed by atoms with Gasteiger partial charge >= 0.3 is 0 Å². The maximum absolute atomic E-state index is 12.6. The normalized spacial score (nSPS) is 11.2. The lowest BCUT2D eigenvalue weighted by molar-refractivity contribution is 0.0952. The number of rotatable bonds is 4. The van der Waals surface area contributed by atoms with Crippen LogP contribution >= 0.6 is 0 Å². The maximum Gasteiger partial charge on any atom is 0.253 e. The van der Waals surface area contributed by atoms with Gasteiger partial charge in [-0.1, -0.05) is 0 Å². The number of aromatic amines is 1. The number of pyridine rings is 2. The molecule has 0 saturated heterocycles.